The van der Waals surface area contributed by atoms with E-state index in [0.717, 1.165) is 85.6 Å². The Labute approximate surface area is 277 Å². The largest absolute Gasteiger partial charge is 0.507 e. The predicted octanol–water partition coefficient (Wildman–Crippen LogP) is 7.82. The molecular weight excluding hydrogens is 604 g/mol. The van der Waals surface area contributed by atoms with Crippen molar-refractivity contribution >= 4 is 24.0 Å². The van der Waals surface area contributed by atoms with Crippen LogP contribution in [0.5, 0.6) is 17.2 Å². The van der Waals surface area contributed by atoms with Crippen molar-refractivity contribution in [3.05, 3.63) is 75.8 Å². The van der Waals surface area contributed by atoms with Crippen LogP contribution in [0.3, 0.4) is 0 Å². The number of likely N-dealkylation sites (tertiary alicyclic amines) is 2. The molecule has 0 atom stereocenters. The maximum Gasteiger partial charge on any atom is 0.410 e. The number of benzene rings is 3. The highest BCUT2D eigenvalue weighted by atomic mass is 35.5. The number of rotatable bonds is 10. The minimum atomic E-state index is -0.457. The summed E-state index contributed by atoms with van der Waals surface area (Å²) >= 11 is 6.27. The molecule has 5 rings (SSSR count). The van der Waals surface area contributed by atoms with E-state index in [1.165, 1.54) is 12.1 Å². The zero-order valence-electron chi connectivity index (χ0n) is 27.5. The molecule has 0 saturated carbocycles. The Morgan fingerprint density at radius 3 is 2.33 bits per heavy atom. The number of halogens is 1. The number of aldehydes is 1. The fraction of sp³-hybridized carbons (Fsp3) is 0.459. The van der Waals surface area contributed by atoms with Crippen LogP contribution in [0.4, 0.5) is 4.79 Å². The van der Waals surface area contributed by atoms with Gasteiger partial charge >= 0.3 is 6.09 Å². The van der Waals surface area contributed by atoms with Crippen molar-refractivity contribution in [2.75, 3.05) is 39.3 Å². The average molecular weight is 649 g/mol. The number of phenolic OH excluding ortho intramolecular Hbond substituents is 1. The highest BCUT2D eigenvalue weighted by Gasteiger charge is 2.47. The number of carbonyl (C=O) groups is 2. The Morgan fingerprint density at radius 1 is 0.978 bits per heavy atom. The minimum absolute atomic E-state index is 0.121. The molecule has 9 heteroatoms. The molecule has 2 fully saturated rings. The van der Waals surface area contributed by atoms with Crippen molar-refractivity contribution in [2.45, 2.75) is 66.1 Å². The molecule has 46 heavy (non-hydrogen) atoms. The standard InChI is InChI=1S/C37H45ClN2O6/c1-25-27(22-45-34-20-32(42)28(21-41)19-31(34)38)9-6-10-29(25)30-11-7-12-33(26(30)2)44-18-8-15-39-16-13-37(14-17-39)23-40(24-37)35(43)46-36(3,4)5/h6-7,9-12,19-21,42H,8,13-18,22-24H2,1-5H3. The van der Waals surface area contributed by atoms with Crippen LogP contribution in [0.15, 0.2) is 48.5 Å². The number of nitrogens with zero attached hydrogens (tertiary/aromatic N) is 2. The highest BCUT2D eigenvalue weighted by Crippen LogP contribution is 2.41. The van der Waals surface area contributed by atoms with Gasteiger partial charge in [-0.05, 0) is 107 Å². The lowest BCUT2D eigenvalue weighted by molar-refractivity contribution is -0.0594. The number of carbonyl (C=O) groups excluding carboxylic acids is 2. The number of ether oxygens (including phenoxy) is 3. The van der Waals surface area contributed by atoms with Crippen molar-refractivity contribution in [3.63, 3.8) is 0 Å². The molecule has 3 aromatic rings. The summed E-state index contributed by atoms with van der Waals surface area (Å²) in [5.74, 6) is 1.03. The Bertz CT molecular complexity index is 1570. The highest BCUT2D eigenvalue weighted by molar-refractivity contribution is 6.32. The Balaban J connectivity index is 1.11. The van der Waals surface area contributed by atoms with Crippen LogP contribution in [0, 0.1) is 19.3 Å². The molecule has 0 unspecified atom stereocenters. The third-order valence-electron chi connectivity index (χ3n) is 9.11. The summed E-state index contributed by atoms with van der Waals surface area (Å²) in [6, 6.07) is 15.0. The van der Waals surface area contributed by atoms with Gasteiger partial charge in [-0.3, -0.25) is 4.79 Å². The second-order valence-corrected chi connectivity index (χ2v) is 14.1. The quantitative estimate of drug-likeness (QED) is 0.177. The lowest BCUT2D eigenvalue weighted by atomic mass is 9.72. The summed E-state index contributed by atoms with van der Waals surface area (Å²) in [7, 11) is 0. The number of piperidine rings is 1. The number of phenols is 1. The van der Waals surface area contributed by atoms with Gasteiger partial charge in [0.15, 0.2) is 6.29 Å². The SMILES string of the molecule is Cc1c(COc2cc(O)c(C=O)cc2Cl)cccc1-c1cccc(OCCCN2CCC3(CC2)CN(C(=O)OC(C)(C)C)C3)c1C. The second-order valence-electron chi connectivity index (χ2n) is 13.6. The normalized spacial score (nSPS) is 16.2. The molecule has 1 spiro atoms. The van der Waals surface area contributed by atoms with Gasteiger partial charge in [-0.15, -0.1) is 0 Å². The van der Waals surface area contributed by atoms with Crippen LogP contribution in [-0.2, 0) is 11.3 Å². The molecule has 2 aliphatic rings. The third-order valence-corrected chi connectivity index (χ3v) is 9.40. The first-order valence-electron chi connectivity index (χ1n) is 16.0. The number of amides is 1. The van der Waals surface area contributed by atoms with E-state index in [0.29, 0.717) is 18.6 Å². The number of hydrogen-bond acceptors (Lipinski definition) is 7. The minimum Gasteiger partial charge on any atom is -0.507 e. The van der Waals surface area contributed by atoms with E-state index in [4.69, 9.17) is 25.8 Å². The van der Waals surface area contributed by atoms with Gasteiger partial charge in [0.1, 0.15) is 29.5 Å². The maximum atomic E-state index is 12.3. The predicted molar refractivity (Wildman–Crippen MR) is 180 cm³/mol. The second kappa shape index (κ2) is 13.9. The van der Waals surface area contributed by atoms with E-state index in [9.17, 15) is 14.7 Å². The number of aromatic hydroxyl groups is 1. The molecule has 2 heterocycles. The maximum absolute atomic E-state index is 12.3. The van der Waals surface area contributed by atoms with Crippen molar-refractivity contribution in [1.29, 1.82) is 0 Å². The Kier molecular flexibility index (Phi) is 10.2. The molecule has 2 aliphatic heterocycles. The van der Waals surface area contributed by atoms with Gasteiger partial charge in [0.05, 0.1) is 17.2 Å². The van der Waals surface area contributed by atoms with E-state index in [2.05, 4.69) is 30.9 Å². The Morgan fingerprint density at radius 2 is 1.65 bits per heavy atom. The molecule has 1 amide bonds. The summed E-state index contributed by atoms with van der Waals surface area (Å²) < 4.78 is 17.8. The molecule has 0 bridgehead atoms. The molecule has 1 N–H and O–H groups in total. The average Bonchev–Trinajstić information content (AvgIpc) is 2.99. The number of hydrogen-bond donors (Lipinski definition) is 1. The fourth-order valence-corrected chi connectivity index (χ4v) is 6.60. The van der Waals surface area contributed by atoms with Crippen LogP contribution in [0.2, 0.25) is 5.02 Å². The molecule has 8 nitrogen and oxygen atoms in total. The van der Waals surface area contributed by atoms with Crippen LogP contribution in [-0.4, -0.2) is 72.2 Å². The first-order chi connectivity index (χ1) is 21.9. The van der Waals surface area contributed by atoms with Gasteiger partial charge in [0.2, 0.25) is 0 Å². The lowest BCUT2D eigenvalue weighted by Gasteiger charge is -2.53. The third kappa shape index (κ3) is 7.78. The molecule has 0 aliphatic carbocycles. The van der Waals surface area contributed by atoms with E-state index < -0.39 is 5.60 Å². The summed E-state index contributed by atoms with van der Waals surface area (Å²) in [6.07, 6.45) is 3.53. The molecule has 3 aromatic carbocycles. The van der Waals surface area contributed by atoms with Crippen molar-refractivity contribution in [2.24, 2.45) is 5.41 Å². The first kappa shape index (κ1) is 33.6. The molecule has 0 aromatic heterocycles. The fourth-order valence-electron chi connectivity index (χ4n) is 6.37. The van der Waals surface area contributed by atoms with Gasteiger partial charge < -0.3 is 29.1 Å². The molecular formula is C37H45ClN2O6. The zero-order valence-corrected chi connectivity index (χ0v) is 28.3. The van der Waals surface area contributed by atoms with E-state index >= 15 is 0 Å². The van der Waals surface area contributed by atoms with Crippen LogP contribution in [0.25, 0.3) is 11.1 Å². The lowest BCUT2D eigenvalue weighted by Crippen LogP contribution is -2.62. The van der Waals surface area contributed by atoms with Crippen molar-refractivity contribution in [3.8, 4) is 28.4 Å². The van der Waals surface area contributed by atoms with Gasteiger partial charge in [0.25, 0.3) is 0 Å². The van der Waals surface area contributed by atoms with Gasteiger partial charge in [-0.25, -0.2) is 4.79 Å². The van der Waals surface area contributed by atoms with Crippen LogP contribution in [0.1, 0.15) is 67.1 Å². The summed E-state index contributed by atoms with van der Waals surface area (Å²) in [5.41, 5.74) is 5.26. The topological polar surface area (TPSA) is 88.5 Å². The summed E-state index contributed by atoms with van der Waals surface area (Å²) in [4.78, 5) is 27.8. The van der Waals surface area contributed by atoms with Gasteiger partial charge in [-0.1, -0.05) is 41.9 Å². The van der Waals surface area contributed by atoms with Gasteiger partial charge in [0, 0.05) is 31.1 Å². The molecule has 0 radical (unpaired) electrons. The zero-order chi connectivity index (χ0) is 33.1. The molecule has 2 saturated heterocycles. The summed E-state index contributed by atoms with van der Waals surface area (Å²) in [6.45, 7) is 15.5. The van der Waals surface area contributed by atoms with E-state index in [1.54, 1.807) is 0 Å². The first-order valence-corrected chi connectivity index (χ1v) is 16.4. The van der Waals surface area contributed by atoms with Crippen molar-refractivity contribution in [1.82, 2.24) is 9.80 Å². The van der Waals surface area contributed by atoms with Crippen LogP contribution >= 0.6 is 11.6 Å². The monoisotopic (exact) mass is 648 g/mol. The van der Waals surface area contributed by atoms with E-state index in [-0.39, 0.29) is 34.5 Å². The summed E-state index contributed by atoms with van der Waals surface area (Å²) in [5, 5.41) is 10.3. The Hall–Kier alpha value is -3.75. The molecule has 246 valence electrons. The van der Waals surface area contributed by atoms with Crippen molar-refractivity contribution < 1.29 is 28.9 Å². The van der Waals surface area contributed by atoms with Crippen LogP contribution < -0.4 is 9.47 Å². The van der Waals surface area contributed by atoms with E-state index in [1.807, 2.05) is 49.9 Å². The smallest absolute Gasteiger partial charge is 0.410 e. The van der Waals surface area contributed by atoms with Gasteiger partial charge in [-0.2, -0.15) is 0 Å².